The lowest BCUT2D eigenvalue weighted by Crippen LogP contribution is -2.39. The third-order valence-corrected chi connectivity index (χ3v) is 5.37. The summed E-state index contributed by atoms with van der Waals surface area (Å²) in [4.78, 5) is 0. The first kappa shape index (κ1) is 13.9. The van der Waals surface area contributed by atoms with Crippen LogP contribution in [0.1, 0.15) is 37.6 Å². The summed E-state index contributed by atoms with van der Waals surface area (Å²) < 4.78 is 2.05. The van der Waals surface area contributed by atoms with Crippen LogP contribution in [0.4, 0.5) is 0 Å². The van der Waals surface area contributed by atoms with E-state index in [-0.39, 0.29) is 0 Å². The average molecular weight is 267 g/mol. The summed E-state index contributed by atoms with van der Waals surface area (Å²) in [6.45, 7) is 2.17. The molecule has 0 spiro atoms. The monoisotopic (exact) mass is 267 g/mol. The van der Waals surface area contributed by atoms with Crippen molar-refractivity contribution in [1.29, 1.82) is 0 Å². The van der Waals surface area contributed by atoms with E-state index in [0.29, 0.717) is 6.04 Å². The Morgan fingerprint density at radius 1 is 1.56 bits per heavy atom. The van der Waals surface area contributed by atoms with Gasteiger partial charge < -0.3 is 5.32 Å². The maximum atomic E-state index is 4.54. The lowest BCUT2D eigenvalue weighted by molar-refractivity contribution is 0.482. The van der Waals surface area contributed by atoms with E-state index in [9.17, 15) is 0 Å². The SMILES string of the molecule is CCc1cc(CC(NC)C2CCCCS2)n(C)n1. The molecule has 2 unspecified atom stereocenters. The van der Waals surface area contributed by atoms with Gasteiger partial charge in [-0.15, -0.1) is 0 Å². The van der Waals surface area contributed by atoms with E-state index in [4.69, 9.17) is 0 Å². The molecule has 1 aromatic rings. The topological polar surface area (TPSA) is 29.9 Å². The van der Waals surface area contributed by atoms with Gasteiger partial charge in [-0.2, -0.15) is 16.9 Å². The Morgan fingerprint density at radius 2 is 2.39 bits per heavy atom. The van der Waals surface area contributed by atoms with E-state index in [1.54, 1.807) is 0 Å². The third-order valence-electron chi connectivity index (χ3n) is 3.85. The molecule has 3 nitrogen and oxygen atoms in total. The number of nitrogens with zero attached hydrogens (tertiary/aromatic N) is 2. The largest absolute Gasteiger partial charge is 0.316 e. The molecule has 102 valence electrons. The van der Waals surface area contributed by atoms with E-state index in [2.05, 4.69) is 53.9 Å². The van der Waals surface area contributed by atoms with Crippen LogP contribution in [0.15, 0.2) is 6.07 Å². The second-order valence-electron chi connectivity index (χ2n) is 5.11. The molecule has 1 aliphatic rings. The molecular formula is C14H25N3S. The van der Waals surface area contributed by atoms with E-state index in [0.717, 1.165) is 18.1 Å². The summed E-state index contributed by atoms with van der Waals surface area (Å²) in [5, 5.41) is 8.82. The van der Waals surface area contributed by atoms with Gasteiger partial charge >= 0.3 is 0 Å². The zero-order valence-electron chi connectivity index (χ0n) is 11.8. The van der Waals surface area contributed by atoms with Crippen molar-refractivity contribution in [2.24, 2.45) is 7.05 Å². The normalized spacial score (nSPS) is 22.1. The first-order chi connectivity index (χ1) is 8.74. The van der Waals surface area contributed by atoms with Crippen LogP contribution in [-0.4, -0.2) is 33.9 Å². The Bertz CT molecular complexity index is 369. The van der Waals surface area contributed by atoms with Gasteiger partial charge in [-0.05, 0) is 38.1 Å². The molecule has 1 saturated heterocycles. The van der Waals surface area contributed by atoms with Gasteiger partial charge in [0, 0.05) is 30.5 Å². The molecule has 1 aliphatic heterocycles. The van der Waals surface area contributed by atoms with Crippen molar-refractivity contribution in [3.05, 3.63) is 17.5 Å². The first-order valence-corrected chi connectivity index (χ1v) is 8.10. The number of thioether (sulfide) groups is 1. The van der Waals surface area contributed by atoms with Gasteiger partial charge in [0.1, 0.15) is 0 Å². The summed E-state index contributed by atoms with van der Waals surface area (Å²) in [5.74, 6) is 1.33. The van der Waals surface area contributed by atoms with E-state index in [1.165, 1.54) is 36.4 Å². The minimum atomic E-state index is 0.579. The fourth-order valence-electron chi connectivity index (χ4n) is 2.66. The predicted molar refractivity (Wildman–Crippen MR) is 79.2 cm³/mol. The van der Waals surface area contributed by atoms with Crippen molar-refractivity contribution in [3.63, 3.8) is 0 Å². The maximum Gasteiger partial charge on any atom is 0.0624 e. The molecule has 0 bridgehead atoms. The summed E-state index contributed by atoms with van der Waals surface area (Å²) >= 11 is 2.14. The van der Waals surface area contributed by atoms with E-state index in [1.807, 2.05) is 0 Å². The van der Waals surface area contributed by atoms with Crippen LogP contribution in [0.3, 0.4) is 0 Å². The third kappa shape index (κ3) is 3.29. The lowest BCUT2D eigenvalue weighted by atomic mass is 10.0. The minimum absolute atomic E-state index is 0.579. The number of aryl methyl sites for hydroxylation is 2. The number of likely N-dealkylation sites (N-methyl/N-ethyl adjacent to an activating group) is 1. The quantitative estimate of drug-likeness (QED) is 0.888. The molecule has 2 rings (SSSR count). The molecule has 2 heterocycles. The standard InChI is InChI=1S/C14H25N3S/c1-4-11-9-12(17(3)16-11)10-13(15-2)14-7-5-6-8-18-14/h9,13-15H,4-8,10H2,1-3H3. The molecule has 0 radical (unpaired) electrons. The van der Waals surface area contributed by atoms with Crippen molar-refractivity contribution in [2.45, 2.75) is 50.3 Å². The predicted octanol–water partition coefficient (Wildman–Crippen LogP) is 2.40. The highest BCUT2D eigenvalue weighted by Crippen LogP contribution is 2.28. The molecule has 0 aliphatic carbocycles. The maximum absolute atomic E-state index is 4.54. The minimum Gasteiger partial charge on any atom is -0.316 e. The van der Waals surface area contributed by atoms with Crippen LogP contribution in [0.25, 0.3) is 0 Å². The molecule has 0 amide bonds. The van der Waals surface area contributed by atoms with Gasteiger partial charge in [0.05, 0.1) is 5.69 Å². The second kappa shape index (κ2) is 6.62. The Kier molecular flexibility index (Phi) is 5.13. The summed E-state index contributed by atoms with van der Waals surface area (Å²) in [5.41, 5.74) is 2.57. The number of aromatic nitrogens is 2. The highest BCUT2D eigenvalue weighted by atomic mass is 32.2. The molecule has 0 aromatic carbocycles. The smallest absolute Gasteiger partial charge is 0.0624 e. The zero-order chi connectivity index (χ0) is 13.0. The molecular weight excluding hydrogens is 242 g/mol. The molecule has 1 N–H and O–H groups in total. The van der Waals surface area contributed by atoms with Crippen LogP contribution < -0.4 is 5.32 Å². The van der Waals surface area contributed by atoms with E-state index >= 15 is 0 Å². The Labute approximate surface area is 115 Å². The highest BCUT2D eigenvalue weighted by molar-refractivity contribution is 8.00. The van der Waals surface area contributed by atoms with Crippen LogP contribution >= 0.6 is 11.8 Å². The number of nitrogens with one attached hydrogen (secondary N) is 1. The Hall–Kier alpha value is -0.480. The van der Waals surface area contributed by atoms with Gasteiger partial charge in [0.15, 0.2) is 0 Å². The number of hydrogen-bond acceptors (Lipinski definition) is 3. The Morgan fingerprint density at radius 3 is 2.94 bits per heavy atom. The van der Waals surface area contributed by atoms with Crippen molar-refractivity contribution in [3.8, 4) is 0 Å². The molecule has 1 aromatic heterocycles. The fraction of sp³-hybridized carbons (Fsp3) is 0.786. The van der Waals surface area contributed by atoms with E-state index < -0.39 is 0 Å². The molecule has 0 saturated carbocycles. The van der Waals surface area contributed by atoms with Crippen LogP contribution in [-0.2, 0) is 19.9 Å². The average Bonchev–Trinajstić information content (AvgIpc) is 2.77. The number of rotatable bonds is 5. The van der Waals surface area contributed by atoms with Crippen LogP contribution in [0.5, 0.6) is 0 Å². The molecule has 18 heavy (non-hydrogen) atoms. The lowest BCUT2D eigenvalue weighted by Gasteiger charge is -2.29. The molecule has 4 heteroatoms. The van der Waals surface area contributed by atoms with Gasteiger partial charge in [0.2, 0.25) is 0 Å². The zero-order valence-corrected chi connectivity index (χ0v) is 12.6. The molecule has 2 atom stereocenters. The first-order valence-electron chi connectivity index (χ1n) is 7.05. The summed E-state index contributed by atoms with van der Waals surface area (Å²) in [6, 6.07) is 2.84. The van der Waals surface area contributed by atoms with Gasteiger partial charge in [-0.3, -0.25) is 4.68 Å². The van der Waals surface area contributed by atoms with Crippen LogP contribution in [0, 0.1) is 0 Å². The number of hydrogen-bond donors (Lipinski definition) is 1. The van der Waals surface area contributed by atoms with Gasteiger partial charge in [-0.25, -0.2) is 0 Å². The van der Waals surface area contributed by atoms with Crippen molar-refractivity contribution < 1.29 is 0 Å². The summed E-state index contributed by atoms with van der Waals surface area (Å²) in [7, 11) is 4.16. The Balaban J connectivity index is 2.02. The van der Waals surface area contributed by atoms with Crippen molar-refractivity contribution in [1.82, 2.24) is 15.1 Å². The van der Waals surface area contributed by atoms with Gasteiger partial charge in [-0.1, -0.05) is 13.3 Å². The van der Waals surface area contributed by atoms with Crippen molar-refractivity contribution >= 4 is 11.8 Å². The highest BCUT2D eigenvalue weighted by Gasteiger charge is 2.24. The van der Waals surface area contributed by atoms with Gasteiger partial charge in [0.25, 0.3) is 0 Å². The van der Waals surface area contributed by atoms with Crippen LogP contribution in [0.2, 0.25) is 0 Å². The summed E-state index contributed by atoms with van der Waals surface area (Å²) in [6.07, 6.45) is 6.26. The fourth-order valence-corrected chi connectivity index (χ4v) is 4.13. The molecule has 1 fully saturated rings. The van der Waals surface area contributed by atoms with Crippen molar-refractivity contribution in [2.75, 3.05) is 12.8 Å². The second-order valence-corrected chi connectivity index (χ2v) is 6.46.